The van der Waals surface area contributed by atoms with E-state index in [9.17, 15) is 0 Å². The van der Waals surface area contributed by atoms with E-state index in [4.69, 9.17) is 0 Å². The molecule has 4 heteroatoms. The van der Waals surface area contributed by atoms with Crippen LogP contribution in [0.25, 0.3) is 0 Å². The van der Waals surface area contributed by atoms with Crippen molar-refractivity contribution in [1.29, 1.82) is 0 Å². The Morgan fingerprint density at radius 1 is 1.29 bits per heavy atom. The number of quaternary nitrogens is 1. The molecular formula is C10H16Br2N2. The Balaban J connectivity index is 0.00000169. The van der Waals surface area contributed by atoms with Gasteiger partial charge < -0.3 is 21.5 Å². The molecule has 1 aromatic rings. The van der Waals surface area contributed by atoms with E-state index in [1.165, 1.54) is 0 Å². The molecule has 1 rings (SSSR count). The number of aromatic nitrogens is 1. The van der Waals surface area contributed by atoms with Crippen molar-refractivity contribution in [2.45, 2.75) is 6.42 Å². The predicted molar refractivity (Wildman–Crippen MR) is 58.5 cm³/mol. The molecule has 0 aliphatic rings. The molecule has 0 radical (unpaired) electrons. The van der Waals surface area contributed by atoms with Gasteiger partial charge in [-0.05, 0) is 28.1 Å². The molecule has 0 bridgehead atoms. The van der Waals surface area contributed by atoms with Crippen molar-refractivity contribution < 1.29 is 21.5 Å². The lowest BCUT2D eigenvalue weighted by Gasteiger charge is -2.23. The van der Waals surface area contributed by atoms with Crippen molar-refractivity contribution in [3.8, 4) is 0 Å². The maximum absolute atomic E-state index is 4.38. The molecule has 80 valence electrons. The van der Waals surface area contributed by atoms with E-state index in [2.05, 4.69) is 48.1 Å². The van der Waals surface area contributed by atoms with Gasteiger partial charge in [0.2, 0.25) is 0 Å². The lowest BCUT2D eigenvalue weighted by molar-refractivity contribution is -0.870. The molecule has 0 saturated carbocycles. The molecule has 0 aromatic carbocycles. The van der Waals surface area contributed by atoms with Crippen molar-refractivity contribution in [2.75, 3.05) is 27.7 Å². The second-order valence-electron chi connectivity index (χ2n) is 4.22. The molecular weight excluding hydrogens is 308 g/mol. The van der Waals surface area contributed by atoms with Crippen LogP contribution in [0.1, 0.15) is 5.69 Å². The first kappa shape index (κ1) is 14.1. The first-order valence-electron chi connectivity index (χ1n) is 4.39. The van der Waals surface area contributed by atoms with Gasteiger partial charge in [0.05, 0.1) is 27.7 Å². The van der Waals surface area contributed by atoms with Gasteiger partial charge in [-0.3, -0.25) is 0 Å². The summed E-state index contributed by atoms with van der Waals surface area (Å²) in [7, 11) is 6.58. The number of pyridine rings is 1. The van der Waals surface area contributed by atoms with Gasteiger partial charge in [0.15, 0.2) is 0 Å². The number of rotatable bonds is 3. The highest BCUT2D eigenvalue weighted by Crippen LogP contribution is 2.07. The van der Waals surface area contributed by atoms with Gasteiger partial charge in [0.25, 0.3) is 0 Å². The quantitative estimate of drug-likeness (QED) is 0.519. The predicted octanol–water partition coefficient (Wildman–Crippen LogP) is -0.903. The molecule has 0 fully saturated rings. The zero-order chi connectivity index (χ0) is 9.90. The van der Waals surface area contributed by atoms with E-state index in [1.807, 2.05) is 12.1 Å². The molecule has 1 heterocycles. The van der Waals surface area contributed by atoms with Crippen LogP contribution in [0.5, 0.6) is 0 Å². The van der Waals surface area contributed by atoms with Gasteiger partial charge in [0.1, 0.15) is 4.60 Å². The number of halogens is 2. The fourth-order valence-electron chi connectivity index (χ4n) is 1.04. The van der Waals surface area contributed by atoms with Crippen molar-refractivity contribution in [1.82, 2.24) is 4.98 Å². The Kier molecular flexibility index (Phi) is 5.86. The Labute approximate surface area is 105 Å². The van der Waals surface area contributed by atoms with Crippen LogP contribution < -0.4 is 17.0 Å². The third kappa shape index (κ3) is 5.73. The fourth-order valence-corrected chi connectivity index (χ4v) is 1.42. The van der Waals surface area contributed by atoms with Crippen LogP contribution >= 0.6 is 15.9 Å². The molecule has 0 unspecified atom stereocenters. The topological polar surface area (TPSA) is 12.9 Å². The van der Waals surface area contributed by atoms with Gasteiger partial charge in [-0.15, -0.1) is 0 Å². The van der Waals surface area contributed by atoms with E-state index in [1.54, 1.807) is 0 Å². The average Bonchev–Trinajstić information content (AvgIpc) is 2.00. The third-order valence-electron chi connectivity index (χ3n) is 1.81. The molecule has 14 heavy (non-hydrogen) atoms. The van der Waals surface area contributed by atoms with Crippen molar-refractivity contribution in [3.05, 3.63) is 28.5 Å². The summed E-state index contributed by atoms with van der Waals surface area (Å²) in [6.45, 7) is 1.11. The van der Waals surface area contributed by atoms with E-state index >= 15 is 0 Å². The van der Waals surface area contributed by atoms with Crippen molar-refractivity contribution >= 4 is 15.9 Å². The average molecular weight is 324 g/mol. The van der Waals surface area contributed by atoms with E-state index in [0.717, 1.165) is 27.7 Å². The summed E-state index contributed by atoms with van der Waals surface area (Å²) in [5, 5.41) is 0. The van der Waals surface area contributed by atoms with Crippen LogP contribution in [0.2, 0.25) is 0 Å². The van der Waals surface area contributed by atoms with Gasteiger partial charge in [-0.25, -0.2) is 4.98 Å². The largest absolute Gasteiger partial charge is 1.00 e. The zero-order valence-electron chi connectivity index (χ0n) is 8.80. The summed E-state index contributed by atoms with van der Waals surface area (Å²) < 4.78 is 1.90. The lowest BCUT2D eigenvalue weighted by atomic mass is 10.2. The second-order valence-corrected chi connectivity index (χ2v) is 5.03. The van der Waals surface area contributed by atoms with Crippen LogP contribution in [0, 0.1) is 0 Å². The first-order chi connectivity index (χ1) is 5.97. The van der Waals surface area contributed by atoms with Gasteiger partial charge in [-0.2, -0.15) is 0 Å². The number of nitrogens with zero attached hydrogens (tertiary/aromatic N) is 2. The highest BCUT2D eigenvalue weighted by molar-refractivity contribution is 9.10. The first-order valence-corrected chi connectivity index (χ1v) is 5.18. The molecule has 0 spiro atoms. The summed E-state index contributed by atoms with van der Waals surface area (Å²) in [5.74, 6) is 0. The molecule has 0 amide bonds. The molecule has 0 aliphatic carbocycles. The lowest BCUT2D eigenvalue weighted by Crippen LogP contribution is -3.00. The molecule has 0 atom stereocenters. The summed E-state index contributed by atoms with van der Waals surface area (Å²) in [4.78, 5) is 4.38. The summed E-state index contributed by atoms with van der Waals surface area (Å²) in [5.41, 5.74) is 1.16. The van der Waals surface area contributed by atoms with E-state index < -0.39 is 0 Å². The molecule has 0 N–H and O–H groups in total. The Bertz CT molecular complexity index is 282. The van der Waals surface area contributed by atoms with Crippen LogP contribution in [0.15, 0.2) is 22.8 Å². The third-order valence-corrected chi connectivity index (χ3v) is 2.25. The smallest absolute Gasteiger partial charge is 0.106 e. The monoisotopic (exact) mass is 322 g/mol. The van der Waals surface area contributed by atoms with Crippen molar-refractivity contribution in [3.63, 3.8) is 0 Å². The zero-order valence-corrected chi connectivity index (χ0v) is 12.0. The maximum Gasteiger partial charge on any atom is 0.106 e. The van der Waals surface area contributed by atoms with Gasteiger partial charge in [0, 0.05) is 12.1 Å². The van der Waals surface area contributed by atoms with Crippen molar-refractivity contribution in [2.24, 2.45) is 0 Å². The van der Waals surface area contributed by atoms with Gasteiger partial charge >= 0.3 is 0 Å². The fraction of sp³-hybridized carbons (Fsp3) is 0.500. The minimum atomic E-state index is 0. The Morgan fingerprint density at radius 3 is 2.43 bits per heavy atom. The number of hydrogen-bond acceptors (Lipinski definition) is 1. The molecule has 2 nitrogen and oxygen atoms in total. The molecule has 0 saturated heterocycles. The highest BCUT2D eigenvalue weighted by atomic mass is 79.9. The minimum Gasteiger partial charge on any atom is -1.00 e. The van der Waals surface area contributed by atoms with Crippen LogP contribution in [0.3, 0.4) is 0 Å². The highest BCUT2D eigenvalue weighted by Gasteiger charge is 2.07. The maximum atomic E-state index is 4.38. The summed E-state index contributed by atoms with van der Waals surface area (Å²) >= 11 is 3.37. The SMILES string of the molecule is C[N+](C)(C)CCc1cccc(Br)n1.[Br-]. The number of likely N-dealkylation sites (N-methyl/N-ethyl adjacent to an activating group) is 1. The summed E-state index contributed by atoms with van der Waals surface area (Å²) in [6, 6.07) is 6.05. The Morgan fingerprint density at radius 2 is 1.93 bits per heavy atom. The van der Waals surface area contributed by atoms with Gasteiger partial charge in [-0.1, -0.05) is 6.07 Å². The molecule has 0 aliphatic heterocycles. The van der Waals surface area contributed by atoms with Crippen LogP contribution in [0.4, 0.5) is 0 Å². The van der Waals surface area contributed by atoms with Crippen LogP contribution in [-0.4, -0.2) is 37.2 Å². The summed E-state index contributed by atoms with van der Waals surface area (Å²) in [6.07, 6.45) is 1.03. The molecule has 1 aromatic heterocycles. The van der Waals surface area contributed by atoms with Crippen LogP contribution in [-0.2, 0) is 6.42 Å². The normalized spacial score (nSPS) is 10.9. The second kappa shape index (κ2) is 5.83. The van der Waals surface area contributed by atoms with E-state index in [-0.39, 0.29) is 17.0 Å². The minimum absolute atomic E-state index is 0. The van der Waals surface area contributed by atoms with E-state index in [0.29, 0.717) is 0 Å². The standard InChI is InChI=1S/C10H16BrN2.BrH/c1-13(2,3)8-7-9-5-4-6-10(11)12-9;/h4-6H,7-8H2,1-3H3;1H/q+1;/p-1. The Hall–Kier alpha value is 0.0700. The number of hydrogen-bond donors (Lipinski definition) is 0.